The Morgan fingerprint density at radius 2 is 1.83 bits per heavy atom. The molecular weight excluding hydrogens is 367 g/mol. The number of halogens is 1. The number of nitrogens with zero attached hydrogens (tertiary/aromatic N) is 3. The molecule has 1 N–H and O–H groups in total. The topological polar surface area (TPSA) is 50.3 Å². The van der Waals surface area contributed by atoms with Gasteiger partial charge < -0.3 is 15.0 Å². The summed E-state index contributed by atoms with van der Waals surface area (Å²) in [7, 11) is 0. The number of ether oxygens (including phenoxy) is 1. The standard InChI is InChI=1S/C23H29FN4O/c24-20-3-1-2-17(10-20)22-4-5-23(27-26-22)25-21-11-18-14-28(15-19(18)12-21)13-16-6-8-29-9-7-16/h1-5,10,16,18-19,21H,6-9,11-15H2,(H,25,27)/t18-,19+,21+. The minimum Gasteiger partial charge on any atom is -0.381 e. The number of benzene rings is 1. The van der Waals surface area contributed by atoms with Crippen molar-refractivity contribution in [1.82, 2.24) is 15.1 Å². The Bertz CT molecular complexity index is 810. The molecule has 3 heterocycles. The summed E-state index contributed by atoms with van der Waals surface area (Å²) in [5, 5.41) is 12.2. The van der Waals surface area contributed by atoms with E-state index in [0.717, 1.165) is 42.3 Å². The monoisotopic (exact) mass is 396 g/mol. The molecule has 5 nitrogen and oxygen atoms in total. The van der Waals surface area contributed by atoms with Crippen LogP contribution in [-0.2, 0) is 4.74 Å². The Morgan fingerprint density at radius 1 is 1.03 bits per heavy atom. The highest BCUT2D eigenvalue weighted by atomic mass is 19.1. The predicted molar refractivity (Wildman–Crippen MR) is 111 cm³/mol. The van der Waals surface area contributed by atoms with E-state index in [1.54, 1.807) is 6.07 Å². The summed E-state index contributed by atoms with van der Waals surface area (Å²) in [6, 6.07) is 10.8. The Hall–Kier alpha value is -2.05. The zero-order valence-electron chi connectivity index (χ0n) is 16.8. The summed E-state index contributed by atoms with van der Waals surface area (Å²) >= 11 is 0. The lowest BCUT2D eigenvalue weighted by Gasteiger charge is -2.27. The second-order valence-electron chi connectivity index (χ2n) is 8.92. The third-order valence-electron chi connectivity index (χ3n) is 6.82. The highest BCUT2D eigenvalue weighted by Crippen LogP contribution is 2.39. The third-order valence-corrected chi connectivity index (χ3v) is 6.82. The summed E-state index contributed by atoms with van der Waals surface area (Å²) in [4.78, 5) is 2.69. The molecule has 0 bridgehead atoms. The van der Waals surface area contributed by atoms with Crippen LogP contribution < -0.4 is 5.32 Å². The van der Waals surface area contributed by atoms with E-state index in [1.165, 1.54) is 57.5 Å². The number of anilines is 1. The molecular formula is C23H29FN4O. The van der Waals surface area contributed by atoms with E-state index in [2.05, 4.69) is 20.4 Å². The van der Waals surface area contributed by atoms with Gasteiger partial charge in [0.25, 0.3) is 0 Å². The molecule has 1 aromatic heterocycles. The van der Waals surface area contributed by atoms with E-state index in [-0.39, 0.29) is 5.82 Å². The maximum Gasteiger partial charge on any atom is 0.148 e. The van der Waals surface area contributed by atoms with Crippen molar-refractivity contribution in [2.45, 2.75) is 31.7 Å². The van der Waals surface area contributed by atoms with Gasteiger partial charge in [-0.05, 0) is 67.7 Å². The predicted octanol–water partition coefficient (Wildman–Crippen LogP) is 3.83. The van der Waals surface area contributed by atoms with E-state index >= 15 is 0 Å². The molecule has 2 aliphatic heterocycles. The summed E-state index contributed by atoms with van der Waals surface area (Å²) in [5.41, 5.74) is 1.45. The zero-order chi connectivity index (χ0) is 19.6. The van der Waals surface area contributed by atoms with Crippen LogP contribution in [0.25, 0.3) is 11.3 Å². The Morgan fingerprint density at radius 3 is 2.52 bits per heavy atom. The van der Waals surface area contributed by atoms with Crippen molar-refractivity contribution in [2.75, 3.05) is 38.2 Å². The summed E-state index contributed by atoms with van der Waals surface area (Å²) in [6.45, 7) is 5.61. The molecule has 29 heavy (non-hydrogen) atoms. The van der Waals surface area contributed by atoms with Crippen LogP contribution in [0.2, 0.25) is 0 Å². The van der Waals surface area contributed by atoms with E-state index < -0.39 is 0 Å². The lowest BCUT2D eigenvalue weighted by Crippen LogP contribution is -2.32. The van der Waals surface area contributed by atoms with Crippen LogP contribution >= 0.6 is 0 Å². The molecule has 1 aliphatic carbocycles. The molecule has 0 radical (unpaired) electrons. The van der Waals surface area contributed by atoms with Gasteiger partial charge in [-0.25, -0.2) is 4.39 Å². The summed E-state index contributed by atoms with van der Waals surface area (Å²) in [5.74, 6) is 2.98. The first kappa shape index (κ1) is 18.9. The van der Waals surface area contributed by atoms with Crippen LogP contribution in [0.15, 0.2) is 36.4 Å². The SMILES string of the molecule is Fc1cccc(-c2ccc(N[C@H]3C[C@@H]4CN(CC5CCOCC5)C[C@@H]4C3)nn2)c1. The molecule has 2 saturated heterocycles. The van der Waals surface area contributed by atoms with Crippen molar-refractivity contribution in [1.29, 1.82) is 0 Å². The molecule has 3 fully saturated rings. The molecule has 3 atom stereocenters. The second-order valence-corrected chi connectivity index (χ2v) is 8.92. The largest absolute Gasteiger partial charge is 0.381 e. The molecule has 0 spiro atoms. The van der Waals surface area contributed by atoms with Gasteiger partial charge in [-0.1, -0.05) is 12.1 Å². The van der Waals surface area contributed by atoms with Crippen LogP contribution in [0.1, 0.15) is 25.7 Å². The van der Waals surface area contributed by atoms with E-state index in [9.17, 15) is 4.39 Å². The molecule has 3 aliphatic rings. The van der Waals surface area contributed by atoms with Gasteiger partial charge in [0.2, 0.25) is 0 Å². The number of likely N-dealkylation sites (tertiary alicyclic amines) is 1. The van der Waals surface area contributed by atoms with Crippen molar-refractivity contribution in [2.24, 2.45) is 17.8 Å². The zero-order valence-corrected chi connectivity index (χ0v) is 16.8. The number of aromatic nitrogens is 2. The lowest BCUT2D eigenvalue weighted by atomic mass is 10.00. The Balaban J connectivity index is 1.13. The van der Waals surface area contributed by atoms with E-state index in [0.29, 0.717) is 11.7 Å². The van der Waals surface area contributed by atoms with Crippen molar-refractivity contribution < 1.29 is 9.13 Å². The Labute approximate surface area is 171 Å². The van der Waals surface area contributed by atoms with Crippen LogP contribution in [0, 0.1) is 23.6 Å². The third kappa shape index (κ3) is 4.43. The van der Waals surface area contributed by atoms with Gasteiger partial charge in [0, 0.05) is 44.5 Å². The highest BCUT2D eigenvalue weighted by molar-refractivity contribution is 5.59. The van der Waals surface area contributed by atoms with Crippen molar-refractivity contribution >= 4 is 5.82 Å². The molecule has 1 aromatic carbocycles. The van der Waals surface area contributed by atoms with Crippen molar-refractivity contribution in [3.05, 3.63) is 42.2 Å². The first-order valence-corrected chi connectivity index (χ1v) is 10.9. The average molecular weight is 397 g/mol. The van der Waals surface area contributed by atoms with Gasteiger partial charge in [0.05, 0.1) is 5.69 Å². The second kappa shape index (κ2) is 8.36. The van der Waals surface area contributed by atoms with Crippen molar-refractivity contribution in [3.63, 3.8) is 0 Å². The molecule has 0 unspecified atom stereocenters. The lowest BCUT2D eigenvalue weighted by molar-refractivity contribution is 0.0545. The summed E-state index contributed by atoms with van der Waals surface area (Å²) in [6.07, 6.45) is 4.87. The van der Waals surface area contributed by atoms with Crippen LogP contribution in [0.5, 0.6) is 0 Å². The number of rotatable bonds is 5. The van der Waals surface area contributed by atoms with Crippen LogP contribution in [0.4, 0.5) is 10.2 Å². The molecule has 5 rings (SSSR count). The fourth-order valence-electron chi connectivity index (χ4n) is 5.38. The fourth-order valence-corrected chi connectivity index (χ4v) is 5.38. The van der Waals surface area contributed by atoms with Crippen molar-refractivity contribution in [3.8, 4) is 11.3 Å². The molecule has 6 heteroatoms. The van der Waals surface area contributed by atoms with E-state index in [1.807, 2.05) is 18.2 Å². The van der Waals surface area contributed by atoms with Gasteiger partial charge in [0.1, 0.15) is 11.6 Å². The van der Waals surface area contributed by atoms with Gasteiger partial charge in [0.15, 0.2) is 0 Å². The molecule has 2 aromatic rings. The maximum absolute atomic E-state index is 13.4. The van der Waals surface area contributed by atoms with Gasteiger partial charge >= 0.3 is 0 Å². The summed E-state index contributed by atoms with van der Waals surface area (Å²) < 4.78 is 18.9. The van der Waals surface area contributed by atoms with E-state index in [4.69, 9.17) is 4.74 Å². The molecule has 1 saturated carbocycles. The average Bonchev–Trinajstić information content (AvgIpc) is 3.27. The van der Waals surface area contributed by atoms with Gasteiger partial charge in [-0.3, -0.25) is 0 Å². The van der Waals surface area contributed by atoms with Crippen LogP contribution in [-0.4, -0.2) is 54.0 Å². The first-order valence-electron chi connectivity index (χ1n) is 10.9. The minimum absolute atomic E-state index is 0.255. The minimum atomic E-state index is -0.255. The fraction of sp³-hybridized carbons (Fsp3) is 0.565. The smallest absolute Gasteiger partial charge is 0.148 e. The number of hydrogen-bond donors (Lipinski definition) is 1. The van der Waals surface area contributed by atoms with Crippen LogP contribution in [0.3, 0.4) is 0 Å². The number of fused-ring (bicyclic) bond motifs is 1. The molecule has 154 valence electrons. The van der Waals surface area contributed by atoms with Gasteiger partial charge in [-0.15, -0.1) is 10.2 Å². The van der Waals surface area contributed by atoms with Gasteiger partial charge in [-0.2, -0.15) is 0 Å². The molecule has 0 amide bonds. The number of hydrogen-bond acceptors (Lipinski definition) is 5. The number of nitrogens with one attached hydrogen (secondary N) is 1. The highest BCUT2D eigenvalue weighted by Gasteiger charge is 2.41. The quantitative estimate of drug-likeness (QED) is 0.832. The maximum atomic E-state index is 13.4. The Kier molecular flexibility index (Phi) is 5.46. The first-order chi connectivity index (χ1) is 14.2. The normalized spacial score (nSPS) is 27.8.